The molecule has 1 aromatic heterocycles. The number of anilines is 1. The van der Waals surface area contributed by atoms with Crippen LogP contribution in [-0.2, 0) is 15.6 Å². The summed E-state index contributed by atoms with van der Waals surface area (Å²) in [5.74, 6) is -0.485. The van der Waals surface area contributed by atoms with Gasteiger partial charge in [0.05, 0.1) is 4.90 Å². The summed E-state index contributed by atoms with van der Waals surface area (Å²) in [6.45, 7) is 0. The molecule has 1 N–H and O–H groups in total. The number of aliphatic hydroxyl groups is 1. The summed E-state index contributed by atoms with van der Waals surface area (Å²) in [6.07, 6.45) is 2.10. The van der Waals surface area contributed by atoms with Crippen LogP contribution in [0, 0.1) is 0 Å². The second-order valence-corrected chi connectivity index (χ2v) is 9.51. The molecule has 0 spiro atoms. The zero-order valence-corrected chi connectivity index (χ0v) is 17.5. The van der Waals surface area contributed by atoms with Crippen LogP contribution in [0.4, 0.5) is 5.69 Å². The lowest BCUT2D eigenvalue weighted by molar-refractivity contribution is 0.0703. The van der Waals surface area contributed by atoms with Crippen molar-refractivity contribution in [1.82, 2.24) is 4.98 Å². The highest BCUT2D eigenvalue weighted by Crippen LogP contribution is 2.45. The Kier molecular flexibility index (Phi) is 4.30. The van der Waals surface area contributed by atoms with Crippen molar-refractivity contribution in [3.63, 3.8) is 0 Å². The summed E-state index contributed by atoms with van der Waals surface area (Å²) in [5, 5.41) is 12.0. The van der Waals surface area contributed by atoms with E-state index in [1.165, 1.54) is 36.4 Å². The zero-order valence-electron chi connectivity index (χ0n) is 16.7. The van der Waals surface area contributed by atoms with Gasteiger partial charge in [-0.3, -0.25) is 9.69 Å². The average molecular weight is 448 g/mol. The molecule has 9 heteroatoms. The van der Waals surface area contributed by atoms with E-state index in [4.69, 9.17) is 4.42 Å². The van der Waals surface area contributed by atoms with Gasteiger partial charge in [-0.15, -0.1) is 0 Å². The summed E-state index contributed by atoms with van der Waals surface area (Å²) >= 11 is 0. The predicted molar refractivity (Wildman–Crippen MR) is 116 cm³/mol. The molecule has 3 aromatic carbocycles. The third-order valence-electron chi connectivity index (χ3n) is 5.44. The van der Waals surface area contributed by atoms with Gasteiger partial charge in [0, 0.05) is 28.6 Å². The Morgan fingerprint density at radius 1 is 1.00 bits per heavy atom. The van der Waals surface area contributed by atoms with E-state index in [9.17, 15) is 23.1 Å². The fourth-order valence-corrected chi connectivity index (χ4v) is 4.64. The lowest BCUT2D eigenvalue weighted by Gasteiger charge is -2.35. The van der Waals surface area contributed by atoms with Crippen molar-refractivity contribution < 1.29 is 22.7 Å². The van der Waals surface area contributed by atoms with Gasteiger partial charge in [0.1, 0.15) is 11.7 Å². The molecule has 4 aromatic rings. The first-order valence-corrected chi connectivity index (χ1v) is 11.5. The normalized spacial score (nSPS) is 18.2. The van der Waals surface area contributed by atoms with Gasteiger partial charge >= 0.3 is 5.63 Å². The van der Waals surface area contributed by atoms with E-state index in [2.05, 4.69) is 4.98 Å². The van der Waals surface area contributed by atoms with E-state index < -0.39 is 27.1 Å². The lowest BCUT2D eigenvalue weighted by atomic mass is 9.93. The number of fused-ring (bicyclic) bond motifs is 2. The van der Waals surface area contributed by atoms with Crippen molar-refractivity contribution >= 4 is 32.5 Å². The maximum atomic E-state index is 13.4. The first-order chi connectivity index (χ1) is 15.2. The van der Waals surface area contributed by atoms with E-state index in [-0.39, 0.29) is 21.7 Å². The Balaban J connectivity index is 1.78. The average Bonchev–Trinajstić information content (AvgIpc) is 3.01. The van der Waals surface area contributed by atoms with Crippen LogP contribution < -0.4 is 10.5 Å². The molecule has 8 nitrogen and oxygen atoms in total. The van der Waals surface area contributed by atoms with Crippen LogP contribution in [-0.4, -0.2) is 30.7 Å². The first kappa shape index (κ1) is 20.1. The number of hydrogen-bond donors (Lipinski definition) is 1. The molecule has 0 radical (unpaired) electrons. The quantitative estimate of drug-likeness (QED) is 0.511. The molecule has 1 aliphatic rings. The number of aromatic nitrogens is 1. The topological polar surface area (TPSA) is 118 Å². The van der Waals surface area contributed by atoms with Crippen LogP contribution in [0.2, 0.25) is 0 Å². The molecule has 1 amide bonds. The maximum absolute atomic E-state index is 13.4. The van der Waals surface area contributed by atoms with E-state index in [0.29, 0.717) is 16.6 Å². The molecular weight excluding hydrogens is 432 g/mol. The lowest BCUT2D eigenvalue weighted by Crippen LogP contribution is -2.45. The summed E-state index contributed by atoms with van der Waals surface area (Å²) in [6, 6.07) is 17.0. The Labute approximate surface area is 182 Å². The van der Waals surface area contributed by atoms with Crippen molar-refractivity contribution in [2.45, 2.75) is 10.6 Å². The SMILES string of the molecule is CS(=O)(=O)c1cccc(N2C(=O)c3ccccc3C2(O)c2ccc3oc(=O)cnc3c2)c1. The van der Waals surface area contributed by atoms with Gasteiger partial charge in [0.15, 0.2) is 21.1 Å². The largest absolute Gasteiger partial charge is 0.420 e. The minimum absolute atomic E-state index is 0.0167. The number of carbonyl (C=O) groups is 1. The minimum atomic E-state index is -3.55. The van der Waals surface area contributed by atoms with Crippen LogP contribution in [0.3, 0.4) is 0 Å². The van der Waals surface area contributed by atoms with Gasteiger partial charge in [-0.25, -0.2) is 18.2 Å². The maximum Gasteiger partial charge on any atom is 0.354 e. The van der Waals surface area contributed by atoms with Gasteiger partial charge in [0.2, 0.25) is 0 Å². The van der Waals surface area contributed by atoms with Crippen LogP contribution in [0.1, 0.15) is 21.5 Å². The molecule has 1 unspecified atom stereocenters. The van der Waals surface area contributed by atoms with Crippen LogP contribution in [0.15, 0.2) is 87.0 Å². The number of sulfone groups is 1. The van der Waals surface area contributed by atoms with Gasteiger partial charge < -0.3 is 9.52 Å². The highest BCUT2D eigenvalue weighted by Gasteiger charge is 2.50. The molecule has 0 saturated heterocycles. The zero-order chi connectivity index (χ0) is 22.7. The first-order valence-electron chi connectivity index (χ1n) is 9.56. The number of carbonyl (C=O) groups excluding carboxylic acids is 1. The Hall–Kier alpha value is -3.82. The molecule has 0 fully saturated rings. The summed E-state index contributed by atoms with van der Waals surface area (Å²) < 4.78 is 29.3. The van der Waals surface area contributed by atoms with Gasteiger partial charge in [-0.1, -0.05) is 24.3 Å². The second kappa shape index (κ2) is 6.84. The molecule has 2 heterocycles. The van der Waals surface area contributed by atoms with Crippen molar-refractivity contribution in [2.75, 3.05) is 11.2 Å². The van der Waals surface area contributed by atoms with E-state index in [1.807, 2.05) is 0 Å². The van der Waals surface area contributed by atoms with Gasteiger partial charge in [0.25, 0.3) is 5.91 Å². The highest BCUT2D eigenvalue weighted by atomic mass is 32.2. The van der Waals surface area contributed by atoms with Crippen molar-refractivity contribution in [1.29, 1.82) is 0 Å². The number of nitrogens with zero attached hydrogens (tertiary/aromatic N) is 2. The standard InChI is InChI=1S/C23H16N2O6S/c1-32(29,30)16-6-4-5-15(12-16)25-22(27)17-7-2-3-8-18(17)23(25,28)14-9-10-20-19(11-14)24-13-21(26)31-20/h2-13,28H,1H3. The van der Waals surface area contributed by atoms with Crippen molar-refractivity contribution in [3.8, 4) is 0 Å². The second-order valence-electron chi connectivity index (χ2n) is 7.49. The smallest absolute Gasteiger partial charge is 0.354 e. The predicted octanol–water partition coefficient (Wildman–Crippen LogP) is 2.45. The molecule has 5 rings (SSSR count). The Bertz CT molecular complexity index is 1580. The summed E-state index contributed by atoms with van der Waals surface area (Å²) in [7, 11) is -3.55. The van der Waals surface area contributed by atoms with Crippen LogP contribution in [0.25, 0.3) is 11.1 Å². The van der Waals surface area contributed by atoms with E-state index in [0.717, 1.165) is 17.4 Å². The van der Waals surface area contributed by atoms with Crippen LogP contribution in [0.5, 0.6) is 0 Å². The minimum Gasteiger partial charge on any atom is -0.420 e. The van der Waals surface area contributed by atoms with Crippen molar-refractivity contribution in [2.24, 2.45) is 0 Å². The van der Waals surface area contributed by atoms with Crippen molar-refractivity contribution in [3.05, 3.63) is 100 Å². The Morgan fingerprint density at radius 3 is 2.56 bits per heavy atom. The molecule has 1 atom stereocenters. The third kappa shape index (κ3) is 2.94. The van der Waals surface area contributed by atoms with Crippen LogP contribution >= 0.6 is 0 Å². The molecule has 1 aliphatic heterocycles. The highest BCUT2D eigenvalue weighted by molar-refractivity contribution is 7.90. The molecule has 0 aliphatic carbocycles. The van der Waals surface area contributed by atoms with E-state index >= 15 is 0 Å². The fraction of sp³-hybridized carbons (Fsp3) is 0.0870. The monoisotopic (exact) mass is 448 g/mol. The summed E-state index contributed by atoms with van der Waals surface area (Å²) in [5.41, 5.74) is -0.872. The fourth-order valence-electron chi connectivity index (χ4n) is 3.98. The molecular formula is C23H16N2O6S. The Morgan fingerprint density at radius 2 is 1.78 bits per heavy atom. The van der Waals surface area contributed by atoms with Gasteiger partial charge in [-0.05, 0) is 42.5 Å². The molecule has 0 bridgehead atoms. The number of benzene rings is 3. The summed E-state index contributed by atoms with van der Waals surface area (Å²) in [4.78, 5) is 30.1. The molecule has 160 valence electrons. The number of hydrogen-bond acceptors (Lipinski definition) is 7. The molecule has 0 saturated carbocycles. The number of amides is 1. The van der Waals surface area contributed by atoms with Gasteiger partial charge in [-0.2, -0.15) is 0 Å². The molecule has 32 heavy (non-hydrogen) atoms. The van der Waals surface area contributed by atoms with E-state index in [1.54, 1.807) is 30.3 Å². The number of rotatable bonds is 3. The third-order valence-corrected chi connectivity index (χ3v) is 6.56.